The first kappa shape index (κ1) is 10.8. The SMILES string of the molecule is C=C1C=C(c2ccc(OC)cc2)OC1(C)C. The van der Waals surface area contributed by atoms with E-state index in [4.69, 9.17) is 9.47 Å². The minimum absolute atomic E-state index is 0.296. The molecular weight excluding hydrogens is 200 g/mol. The maximum absolute atomic E-state index is 5.84. The Morgan fingerprint density at radius 2 is 1.81 bits per heavy atom. The summed E-state index contributed by atoms with van der Waals surface area (Å²) in [5.41, 5.74) is 1.75. The van der Waals surface area contributed by atoms with Crippen LogP contribution in [0.3, 0.4) is 0 Å². The van der Waals surface area contributed by atoms with Gasteiger partial charge in [-0.1, -0.05) is 6.58 Å². The van der Waals surface area contributed by atoms with Crippen LogP contribution in [0.1, 0.15) is 19.4 Å². The average Bonchev–Trinajstić information content (AvgIpc) is 2.54. The smallest absolute Gasteiger partial charge is 0.128 e. The van der Waals surface area contributed by atoms with Crippen molar-refractivity contribution in [3.05, 3.63) is 48.1 Å². The van der Waals surface area contributed by atoms with Crippen LogP contribution in [-0.4, -0.2) is 12.7 Å². The van der Waals surface area contributed by atoms with E-state index >= 15 is 0 Å². The van der Waals surface area contributed by atoms with Crippen molar-refractivity contribution in [2.24, 2.45) is 0 Å². The van der Waals surface area contributed by atoms with Crippen molar-refractivity contribution in [1.29, 1.82) is 0 Å². The molecule has 84 valence electrons. The van der Waals surface area contributed by atoms with Gasteiger partial charge in [-0.2, -0.15) is 0 Å². The fourth-order valence-electron chi connectivity index (χ4n) is 1.60. The molecule has 1 aliphatic heterocycles. The first-order chi connectivity index (χ1) is 7.53. The zero-order chi connectivity index (χ0) is 11.8. The van der Waals surface area contributed by atoms with Crippen molar-refractivity contribution in [1.82, 2.24) is 0 Å². The second-order valence-corrected chi connectivity index (χ2v) is 4.37. The molecule has 2 rings (SSSR count). The lowest BCUT2D eigenvalue weighted by atomic mass is 10.0. The molecule has 1 heterocycles. The van der Waals surface area contributed by atoms with Crippen LogP contribution < -0.4 is 4.74 Å². The van der Waals surface area contributed by atoms with E-state index in [1.54, 1.807) is 7.11 Å². The van der Waals surface area contributed by atoms with E-state index in [9.17, 15) is 0 Å². The van der Waals surface area contributed by atoms with Crippen LogP contribution in [0.4, 0.5) is 0 Å². The van der Waals surface area contributed by atoms with Gasteiger partial charge in [0.1, 0.15) is 17.1 Å². The summed E-state index contributed by atoms with van der Waals surface area (Å²) in [4.78, 5) is 0. The van der Waals surface area contributed by atoms with E-state index in [0.29, 0.717) is 0 Å². The summed E-state index contributed by atoms with van der Waals surface area (Å²) in [5, 5.41) is 0. The van der Waals surface area contributed by atoms with Crippen LogP contribution >= 0.6 is 0 Å². The number of benzene rings is 1. The van der Waals surface area contributed by atoms with Crippen LogP contribution in [0.2, 0.25) is 0 Å². The lowest BCUT2D eigenvalue weighted by molar-refractivity contribution is 0.133. The molecule has 0 saturated carbocycles. The summed E-state index contributed by atoms with van der Waals surface area (Å²) in [7, 11) is 1.66. The molecule has 0 N–H and O–H groups in total. The second kappa shape index (κ2) is 3.71. The molecule has 0 atom stereocenters. The van der Waals surface area contributed by atoms with Gasteiger partial charge in [-0.15, -0.1) is 0 Å². The summed E-state index contributed by atoms with van der Waals surface area (Å²) in [5.74, 6) is 1.72. The fourth-order valence-corrected chi connectivity index (χ4v) is 1.60. The molecule has 0 spiro atoms. The number of rotatable bonds is 2. The molecule has 2 nitrogen and oxygen atoms in total. The zero-order valence-electron chi connectivity index (χ0n) is 9.91. The van der Waals surface area contributed by atoms with Crippen molar-refractivity contribution in [3.8, 4) is 5.75 Å². The van der Waals surface area contributed by atoms with Crippen molar-refractivity contribution in [2.45, 2.75) is 19.4 Å². The Labute approximate surface area is 96.2 Å². The largest absolute Gasteiger partial charge is 0.497 e. The summed E-state index contributed by atoms with van der Waals surface area (Å²) in [6, 6.07) is 7.82. The van der Waals surface area contributed by atoms with Crippen molar-refractivity contribution in [2.75, 3.05) is 7.11 Å². The summed E-state index contributed by atoms with van der Waals surface area (Å²) < 4.78 is 11.0. The van der Waals surface area contributed by atoms with E-state index in [2.05, 4.69) is 6.58 Å². The Bertz CT molecular complexity index is 438. The van der Waals surface area contributed by atoms with E-state index < -0.39 is 0 Å². The minimum Gasteiger partial charge on any atom is -0.497 e. The minimum atomic E-state index is -0.296. The number of hydrogen-bond donors (Lipinski definition) is 0. The first-order valence-corrected chi connectivity index (χ1v) is 5.27. The summed E-state index contributed by atoms with van der Waals surface area (Å²) >= 11 is 0. The fraction of sp³-hybridized carbons (Fsp3) is 0.286. The van der Waals surface area contributed by atoms with Crippen LogP contribution in [0.5, 0.6) is 5.75 Å². The standard InChI is InChI=1S/C14H16O2/c1-10-9-13(16-14(10,2)3)11-5-7-12(15-4)8-6-11/h5-9H,1H2,2-4H3. The average molecular weight is 216 g/mol. The second-order valence-electron chi connectivity index (χ2n) is 4.37. The van der Waals surface area contributed by atoms with Gasteiger partial charge in [0.15, 0.2) is 0 Å². The summed E-state index contributed by atoms with van der Waals surface area (Å²) in [6.45, 7) is 8.02. The number of ether oxygens (including phenoxy) is 2. The third kappa shape index (κ3) is 1.83. The van der Waals surface area contributed by atoms with E-state index in [1.165, 1.54) is 0 Å². The van der Waals surface area contributed by atoms with Gasteiger partial charge in [-0.25, -0.2) is 0 Å². The highest BCUT2D eigenvalue weighted by atomic mass is 16.5. The highest BCUT2D eigenvalue weighted by Gasteiger charge is 2.30. The van der Waals surface area contributed by atoms with E-state index in [0.717, 1.165) is 22.6 Å². The predicted molar refractivity (Wildman–Crippen MR) is 65.3 cm³/mol. The monoisotopic (exact) mass is 216 g/mol. The van der Waals surface area contributed by atoms with Crippen molar-refractivity contribution >= 4 is 5.76 Å². The highest BCUT2D eigenvalue weighted by molar-refractivity contribution is 5.67. The molecule has 0 fully saturated rings. The van der Waals surface area contributed by atoms with E-state index in [-0.39, 0.29) is 5.60 Å². The number of methoxy groups -OCH3 is 1. The third-order valence-electron chi connectivity index (χ3n) is 2.82. The lowest BCUT2D eigenvalue weighted by Crippen LogP contribution is -2.19. The lowest BCUT2D eigenvalue weighted by Gasteiger charge is -2.21. The molecular formula is C14H16O2. The Kier molecular flexibility index (Phi) is 2.50. The molecule has 2 heteroatoms. The molecule has 1 aliphatic rings. The maximum Gasteiger partial charge on any atom is 0.128 e. The molecule has 0 aliphatic carbocycles. The van der Waals surface area contributed by atoms with Crippen molar-refractivity contribution < 1.29 is 9.47 Å². The third-order valence-corrected chi connectivity index (χ3v) is 2.82. The van der Waals surface area contributed by atoms with Gasteiger partial charge in [0.2, 0.25) is 0 Å². The molecule has 0 saturated heterocycles. The molecule has 0 unspecified atom stereocenters. The van der Waals surface area contributed by atoms with Gasteiger partial charge in [0.25, 0.3) is 0 Å². The molecule has 16 heavy (non-hydrogen) atoms. The molecule has 1 aromatic carbocycles. The normalized spacial score (nSPS) is 17.9. The predicted octanol–water partition coefficient (Wildman–Crippen LogP) is 3.40. The summed E-state index contributed by atoms with van der Waals surface area (Å²) in [6.07, 6.45) is 1.99. The molecule has 0 amide bonds. The molecule has 0 radical (unpaired) electrons. The quantitative estimate of drug-likeness (QED) is 0.754. The maximum atomic E-state index is 5.84. The van der Waals surface area contributed by atoms with Crippen LogP contribution in [0, 0.1) is 0 Å². The van der Waals surface area contributed by atoms with E-state index in [1.807, 2.05) is 44.2 Å². The molecule has 0 aromatic heterocycles. The Morgan fingerprint density at radius 1 is 1.19 bits per heavy atom. The van der Waals surface area contributed by atoms with Gasteiger partial charge >= 0.3 is 0 Å². The van der Waals surface area contributed by atoms with Crippen LogP contribution in [0.25, 0.3) is 5.76 Å². The van der Waals surface area contributed by atoms with Crippen LogP contribution in [-0.2, 0) is 4.74 Å². The van der Waals surface area contributed by atoms with Gasteiger partial charge < -0.3 is 9.47 Å². The van der Waals surface area contributed by atoms with Gasteiger partial charge in [0, 0.05) is 5.56 Å². The van der Waals surface area contributed by atoms with Gasteiger partial charge in [0.05, 0.1) is 7.11 Å². The van der Waals surface area contributed by atoms with Crippen molar-refractivity contribution in [3.63, 3.8) is 0 Å². The Morgan fingerprint density at radius 3 is 2.25 bits per heavy atom. The van der Waals surface area contributed by atoms with Crippen LogP contribution in [0.15, 0.2) is 42.5 Å². The van der Waals surface area contributed by atoms with Gasteiger partial charge in [-0.05, 0) is 49.8 Å². The molecule has 1 aromatic rings. The molecule has 0 bridgehead atoms. The Balaban J connectivity index is 2.26. The van der Waals surface area contributed by atoms with Gasteiger partial charge in [-0.3, -0.25) is 0 Å². The first-order valence-electron chi connectivity index (χ1n) is 5.27. The number of hydrogen-bond acceptors (Lipinski definition) is 2. The topological polar surface area (TPSA) is 18.5 Å². The zero-order valence-corrected chi connectivity index (χ0v) is 9.91. The highest BCUT2D eigenvalue weighted by Crippen LogP contribution is 2.36. The Hall–Kier alpha value is -1.70.